The van der Waals surface area contributed by atoms with E-state index in [1.165, 1.54) is 0 Å². The van der Waals surface area contributed by atoms with Crippen LogP contribution in [-0.2, 0) is 14.8 Å². The van der Waals surface area contributed by atoms with Crippen molar-refractivity contribution in [3.63, 3.8) is 0 Å². The number of nitrogens with one attached hydrogen (secondary N) is 1. The van der Waals surface area contributed by atoms with Crippen molar-refractivity contribution in [3.8, 4) is 5.75 Å². The summed E-state index contributed by atoms with van der Waals surface area (Å²) in [6.45, 7) is 4.62. The second-order valence-electron chi connectivity index (χ2n) is 7.26. The summed E-state index contributed by atoms with van der Waals surface area (Å²) < 4.78 is 33.8. The number of hydrogen-bond acceptors (Lipinski definition) is 4. The van der Waals surface area contributed by atoms with E-state index < -0.39 is 10.0 Å². The fraction of sp³-hybridized carbons (Fsp3) is 0.381. The summed E-state index contributed by atoms with van der Waals surface area (Å²) in [7, 11) is -2.11. The highest BCUT2D eigenvalue weighted by Crippen LogP contribution is 2.27. The zero-order valence-electron chi connectivity index (χ0n) is 16.4. The Morgan fingerprint density at radius 2 is 1.68 bits per heavy atom. The minimum absolute atomic E-state index is 0.0599. The lowest BCUT2D eigenvalue weighted by Gasteiger charge is -2.23. The smallest absolute Gasteiger partial charge is 0.241 e. The normalized spacial score (nSPS) is 15.9. The maximum absolute atomic E-state index is 12.9. The molecule has 1 N–H and O–H groups in total. The van der Waals surface area contributed by atoms with E-state index in [1.54, 1.807) is 36.3 Å². The van der Waals surface area contributed by atoms with Crippen LogP contribution in [-0.4, -0.2) is 28.0 Å². The Bertz CT molecular complexity index is 922. The lowest BCUT2D eigenvalue weighted by atomic mass is 9.97. The van der Waals surface area contributed by atoms with E-state index in [0.717, 1.165) is 23.4 Å². The van der Waals surface area contributed by atoms with Crippen LogP contribution in [0.5, 0.6) is 5.75 Å². The number of anilines is 1. The number of hydrogen-bond donors (Lipinski definition) is 1. The molecular weight excluding hydrogens is 376 g/mol. The maximum atomic E-state index is 12.9. The molecule has 28 heavy (non-hydrogen) atoms. The van der Waals surface area contributed by atoms with Crippen molar-refractivity contribution in [2.24, 2.45) is 5.92 Å². The van der Waals surface area contributed by atoms with Crippen LogP contribution >= 0.6 is 0 Å². The van der Waals surface area contributed by atoms with E-state index in [0.29, 0.717) is 13.0 Å². The van der Waals surface area contributed by atoms with E-state index in [1.807, 2.05) is 38.1 Å². The molecule has 2 aromatic carbocycles. The van der Waals surface area contributed by atoms with Gasteiger partial charge in [-0.05, 0) is 54.3 Å². The van der Waals surface area contributed by atoms with Crippen molar-refractivity contribution in [1.29, 1.82) is 0 Å². The van der Waals surface area contributed by atoms with E-state index in [2.05, 4.69) is 4.72 Å². The maximum Gasteiger partial charge on any atom is 0.241 e. The summed E-state index contributed by atoms with van der Waals surface area (Å²) in [5.74, 6) is 0.860. The molecule has 0 spiro atoms. The SMILES string of the molecule is COc1ccc(C(NS(=O)(=O)c2ccc(N3CCCC3=O)cc2)C(C)C)cc1. The number of rotatable bonds is 7. The third-order valence-electron chi connectivity index (χ3n) is 4.96. The minimum Gasteiger partial charge on any atom is -0.497 e. The van der Waals surface area contributed by atoms with Gasteiger partial charge in [0.15, 0.2) is 0 Å². The molecule has 0 radical (unpaired) electrons. The van der Waals surface area contributed by atoms with Crippen LogP contribution in [0.15, 0.2) is 53.4 Å². The fourth-order valence-corrected chi connectivity index (χ4v) is 4.73. The van der Waals surface area contributed by atoms with Crippen LogP contribution in [0.1, 0.15) is 38.3 Å². The van der Waals surface area contributed by atoms with Crippen LogP contribution in [0, 0.1) is 5.92 Å². The number of amides is 1. The highest BCUT2D eigenvalue weighted by molar-refractivity contribution is 7.89. The van der Waals surface area contributed by atoms with E-state index in [4.69, 9.17) is 4.74 Å². The highest BCUT2D eigenvalue weighted by atomic mass is 32.2. The van der Waals surface area contributed by atoms with Crippen LogP contribution in [0.4, 0.5) is 5.69 Å². The van der Waals surface area contributed by atoms with Crippen molar-refractivity contribution in [2.75, 3.05) is 18.6 Å². The summed E-state index contributed by atoms with van der Waals surface area (Å²) in [6, 6.07) is 13.5. The quantitative estimate of drug-likeness (QED) is 0.769. The molecule has 1 aliphatic heterocycles. The number of sulfonamides is 1. The Morgan fingerprint density at radius 3 is 2.18 bits per heavy atom. The molecule has 7 heteroatoms. The predicted molar refractivity (Wildman–Crippen MR) is 109 cm³/mol. The lowest BCUT2D eigenvalue weighted by Crippen LogP contribution is -2.32. The van der Waals surface area contributed by atoms with Gasteiger partial charge in [-0.2, -0.15) is 0 Å². The summed E-state index contributed by atoms with van der Waals surface area (Å²) in [4.78, 5) is 13.7. The summed E-state index contributed by atoms with van der Waals surface area (Å²) in [5.41, 5.74) is 1.61. The first kappa shape index (κ1) is 20.4. The molecule has 1 aliphatic rings. The molecule has 1 heterocycles. The number of nitrogens with zero attached hydrogens (tertiary/aromatic N) is 1. The molecule has 0 aliphatic carbocycles. The molecule has 6 nitrogen and oxygen atoms in total. The van der Waals surface area contributed by atoms with Gasteiger partial charge in [0.05, 0.1) is 12.0 Å². The van der Waals surface area contributed by atoms with Crippen LogP contribution in [0.25, 0.3) is 0 Å². The van der Waals surface area contributed by atoms with Crippen LogP contribution < -0.4 is 14.4 Å². The fourth-order valence-electron chi connectivity index (χ4n) is 3.36. The van der Waals surface area contributed by atoms with Gasteiger partial charge in [-0.3, -0.25) is 4.79 Å². The largest absolute Gasteiger partial charge is 0.497 e. The monoisotopic (exact) mass is 402 g/mol. The molecule has 1 amide bonds. The molecule has 0 bridgehead atoms. The molecule has 150 valence electrons. The third-order valence-corrected chi connectivity index (χ3v) is 6.41. The van der Waals surface area contributed by atoms with Gasteiger partial charge in [0.25, 0.3) is 0 Å². The predicted octanol–water partition coefficient (Wildman–Crippen LogP) is 3.50. The van der Waals surface area contributed by atoms with Crippen molar-refractivity contribution in [2.45, 2.75) is 37.6 Å². The number of carbonyl (C=O) groups is 1. The number of carbonyl (C=O) groups excluding carboxylic acids is 1. The molecule has 0 saturated carbocycles. The topological polar surface area (TPSA) is 75.7 Å². The van der Waals surface area contributed by atoms with Crippen LogP contribution in [0.2, 0.25) is 0 Å². The van der Waals surface area contributed by atoms with Gasteiger partial charge in [0, 0.05) is 24.7 Å². The standard InChI is InChI=1S/C21H26N2O4S/c1-15(2)21(16-6-10-18(27-3)11-7-16)22-28(25,26)19-12-8-17(9-13-19)23-14-4-5-20(23)24/h6-13,15,21-22H,4-5,14H2,1-3H3. The van der Waals surface area contributed by atoms with Gasteiger partial charge in [0.1, 0.15) is 5.75 Å². The first-order valence-electron chi connectivity index (χ1n) is 9.38. The van der Waals surface area contributed by atoms with E-state index in [9.17, 15) is 13.2 Å². The Hall–Kier alpha value is -2.38. The van der Waals surface area contributed by atoms with Gasteiger partial charge >= 0.3 is 0 Å². The van der Waals surface area contributed by atoms with Gasteiger partial charge < -0.3 is 9.64 Å². The lowest BCUT2D eigenvalue weighted by molar-refractivity contribution is -0.117. The third kappa shape index (κ3) is 4.36. The summed E-state index contributed by atoms with van der Waals surface area (Å²) >= 11 is 0. The zero-order valence-corrected chi connectivity index (χ0v) is 17.2. The summed E-state index contributed by atoms with van der Waals surface area (Å²) in [5, 5.41) is 0. The van der Waals surface area contributed by atoms with Gasteiger partial charge in [-0.15, -0.1) is 0 Å². The number of benzene rings is 2. The Morgan fingerprint density at radius 1 is 1.04 bits per heavy atom. The van der Waals surface area contributed by atoms with Crippen molar-refractivity contribution in [1.82, 2.24) is 4.72 Å². The van der Waals surface area contributed by atoms with Gasteiger partial charge in [0.2, 0.25) is 15.9 Å². The Kier molecular flexibility index (Phi) is 6.05. The van der Waals surface area contributed by atoms with Gasteiger partial charge in [-0.25, -0.2) is 13.1 Å². The zero-order chi connectivity index (χ0) is 20.3. The van der Waals surface area contributed by atoms with Crippen molar-refractivity contribution in [3.05, 3.63) is 54.1 Å². The Labute approximate surface area is 166 Å². The summed E-state index contributed by atoms with van der Waals surface area (Å²) in [6.07, 6.45) is 1.37. The first-order valence-corrected chi connectivity index (χ1v) is 10.9. The van der Waals surface area contributed by atoms with Crippen molar-refractivity contribution >= 4 is 21.6 Å². The van der Waals surface area contributed by atoms with Crippen LogP contribution in [0.3, 0.4) is 0 Å². The molecule has 1 fully saturated rings. The average Bonchev–Trinajstić information content (AvgIpc) is 3.12. The first-order chi connectivity index (χ1) is 13.3. The van der Waals surface area contributed by atoms with Gasteiger partial charge in [-0.1, -0.05) is 26.0 Å². The average molecular weight is 403 g/mol. The molecule has 0 aromatic heterocycles. The molecule has 1 unspecified atom stereocenters. The molecule has 2 aromatic rings. The minimum atomic E-state index is -3.71. The highest BCUT2D eigenvalue weighted by Gasteiger charge is 2.25. The number of ether oxygens (including phenoxy) is 1. The van der Waals surface area contributed by atoms with E-state index in [-0.39, 0.29) is 22.8 Å². The molecule has 3 rings (SSSR count). The van der Waals surface area contributed by atoms with Crippen molar-refractivity contribution < 1.29 is 17.9 Å². The van der Waals surface area contributed by atoms with E-state index >= 15 is 0 Å². The second kappa shape index (κ2) is 8.32. The molecule has 1 saturated heterocycles. The Balaban J connectivity index is 1.81. The number of methoxy groups -OCH3 is 1. The molecular formula is C21H26N2O4S. The second-order valence-corrected chi connectivity index (χ2v) is 8.97. The molecule has 1 atom stereocenters.